The molecule has 0 spiro atoms. The van der Waals surface area contributed by atoms with Crippen LogP contribution in [0.1, 0.15) is 11.3 Å². The van der Waals surface area contributed by atoms with E-state index in [0.717, 1.165) is 24.2 Å². The number of ether oxygens (including phenoxy) is 2. The molecule has 0 saturated heterocycles. The van der Waals surface area contributed by atoms with Crippen LogP contribution in [-0.4, -0.2) is 60.0 Å². The van der Waals surface area contributed by atoms with Crippen molar-refractivity contribution in [3.63, 3.8) is 0 Å². The van der Waals surface area contributed by atoms with Crippen LogP contribution in [0, 0.1) is 0 Å². The minimum absolute atomic E-state index is 0.353. The zero-order chi connectivity index (χ0) is 13.0. The lowest BCUT2D eigenvalue weighted by Gasteiger charge is -2.29. The number of nitrogens with zero attached hydrogens (tertiary/aromatic N) is 3. The molecule has 1 N–H and O–H groups in total. The molecule has 100 valence electrons. The highest BCUT2D eigenvalue weighted by molar-refractivity contribution is 5.31. The first kappa shape index (κ1) is 13.2. The molecule has 2 heterocycles. The van der Waals surface area contributed by atoms with Crippen LogP contribution in [0.4, 0.5) is 0 Å². The highest BCUT2D eigenvalue weighted by Gasteiger charge is 2.22. The maximum absolute atomic E-state index is 9.75. The van der Waals surface area contributed by atoms with Crippen molar-refractivity contribution in [2.24, 2.45) is 0 Å². The van der Waals surface area contributed by atoms with E-state index >= 15 is 0 Å². The van der Waals surface area contributed by atoms with Gasteiger partial charge in [0, 0.05) is 38.7 Å². The normalized spacial score (nSPS) is 17.3. The molecule has 6 nitrogen and oxygen atoms in total. The molecule has 1 aliphatic heterocycles. The maximum atomic E-state index is 9.75. The van der Waals surface area contributed by atoms with Crippen molar-refractivity contribution in [3.8, 4) is 5.88 Å². The minimum Gasteiger partial charge on any atom is -0.481 e. The second kappa shape index (κ2) is 6.08. The highest BCUT2D eigenvalue weighted by Crippen LogP contribution is 2.24. The van der Waals surface area contributed by atoms with Crippen LogP contribution in [-0.2, 0) is 17.7 Å². The third-order valence-corrected chi connectivity index (χ3v) is 3.06. The molecule has 0 aromatic carbocycles. The van der Waals surface area contributed by atoms with Gasteiger partial charge in [0.2, 0.25) is 5.88 Å². The zero-order valence-corrected chi connectivity index (χ0v) is 10.8. The van der Waals surface area contributed by atoms with Gasteiger partial charge in [-0.15, -0.1) is 0 Å². The Hall–Kier alpha value is -1.24. The van der Waals surface area contributed by atoms with E-state index < -0.39 is 6.10 Å². The molecule has 0 amide bonds. The number of methoxy groups -OCH3 is 2. The summed E-state index contributed by atoms with van der Waals surface area (Å²) in [6.07, 6.45) is 1.92. The van der Waals surface area contributed by atoms with Gasteiger partial charge < -0.3 is 14.6 Å². The topological polar surface area (TPSA) is 67.7 Å². The van der Waals surface area contributed by atoms with E-state index in [0.29, 0.717) is 25.6 Å². The molecule has 1 aliphatic rings. The molecule has 2 rings (SSSR count). The van der Waals surface area contributed by atoms with Gasteiger partial charge in [-0.25, -0.2) is 9.97 Å². The predicted molar refractivity (Wildman–Crippen MR) is 65.4 cm³/mol. The third-order valence-electron chi connectivity index (χ3n) is 3.06. The molecule has 1 aromatic heterocycles. The minimum atomic E-state index is -0.466. The molecular weight excluding hydrogens is 234 g/mol. The number of β-amino-alcohol motifs (C(OH)–C–C–N with tert-alkyl or cyclic N) is 1. The van der Waals surface area contributed by atoms with Crippen LogP contribution < -0.4 is 4.74 Å². The van der Waals surface area contributed by atoms with E-state index in [1.807, 2.05) is 0 Å². The number of hydrogen-bond donors (Lipinski definition) is 1. The summed E-state index contributed by atoms with van der Waals surface area (Å²) < 4.78 is 10.2. The van der Waals surface area contributed by atoms with E-state index in [-0.39, 0.29) is 0 Å². The van der Waals surface area contributed by atoms with E-state index in [1.54, 1.807) is 14.2 Å². The lowest BCUT2D eigenvalue weighted by atomic mass is 10.1. The Morgan fingerprint density at radius 1 is 1.44 bits per heavy atom. The average Bonchev–Trinajstić information content (AvgIpc) is 2.38. The van der Waals surface area contributed by atoms with Crippen molar-refractivity contribution in [2.45, 2.75) is 19.1 Å². The zero-order valence-electron chi connectivity index (χ0n) is 10.8. The SMILES string of the molecule is COC[C@@H](O)CN1CCc2ncnc(OC)c2C1. The Morgan fingerprint density at radius 3 is 3.00 bits per heavy atom. The van der Waals surface area contributed by atoms with Crippen molar-refractivity contribution in [1.82, 2.24) is 14.9 Å². The Morgan fingerprint density at radius 2 is 2.28 bits per heavy atom. The molecule has 6 heteroatoms. The molecule has 0 radical (unpaired) electrons. The second-order valence-electron chi connectivity index (χ2n) is 4.40. The van der Waals surface area contributed by atoms with Gasteiger partial charge in [-0.2, -0.15) is 0 Å². The molecule has 0 aliphatic carbocycles. The van der Waals surface area contributed by atoms with Crippen molar-refractivity contribution in [3.05, 3.63) is 17.6 Å². The predicted octanol–water partition coefficient (Wildman–Crippen LogP) is -0.149. The quantitative estimate of drug-likeness (QED) is 0.787. The molecular formula is C12H19N3O3. The summed E-state index contributed by atoms with van der Waals surface area (Å²) in [6, 6.07) is 0. The van der Waals surface area contributed by atoms with Crippen LogP contribution in [0.5, 0.6) is 5.88 Å². The summed E-state index contributed by atoms with van der Waals surface area (Å²) in [4.78, 5) is 10.6. The van der Waals surface area contributed by atoms with Crippen LogP contribution >= 0.6 is 0 Å². The number of rotatable bonds is 5. The highest BCUT2D eigenvalue weighted by atomic mass is 16.5. The van der Waals surface area contributed by atoms with Crippen molar-refractivity contribution in [1.29, 1.82) is 0 Å². The first-order valence-corrected chi connectivity index (χ1v) is 6.00. The van der Waals surface area contributed by atoms with Gasteiger partial charge >= 0.3 is 0 Å². The van der Waals surface area contributed by atoms with Crippen LogP contribution in [0.15, 0.2) is 6.33 Å². The second-order valence-corrected chi connectivity index (χ2v) is 4.40. The largest absolute Gasteiger partial charge is 0.481 e. The number of aromatic nitrogens is 2. The van der Waals surface area contributed by atoms with Crippen molar-refractivity contribution >= 4 is 0 Å². The van der Waals surface area contributed by atoms with E-state index in [2.05, 4.69) is 14.9 Å². The van der Waals surface area contributed by atoms with Gasteiger partial charge in [0.05, 0.1) is 25.5 Å². The van der Waals surface area contributed by atoms with E-state index in [4.69, 9.17) is 9.47 Å². The average molecular weight is 253 g/mol. The van der Waals surface area contributed by atoms with Gasteiger partial charge in [-0.05, 0) is 0 Å². The van der Waals surface area contributed by atoms with Gasteiger partial charge in [0.25, 0.3) is 0 Å². The lowest BCUT2D eigenvalue weighted by molar-refractivity contribution is 0.0341. The summed E-state index contributed by atoms with van der Waals surface area (Å²) in [6.45, 7) is 2.53. The Labute approximate surface area is 107 Å². The fourth-order valence-corrected chi connectivity index (χ4v) is 2.25. The Kier molecular flexibility index (Phi) is 4.46. The van der Waals surface area contributed by atoms with E-state index in [1.165, 1.54) is 6.33 Å². The summed E-state index contributed by atoms with van der Waals surface area (Å²) in [5.41, 5.74) is 2.06. The van der Waals surface area contributed by atoms with E-state index in [9.17, 15) is 5.11 Å². The standard InChI is InChI=1S/C12H19N3O3/c1-17-7-9(16)5-15-4-3-11-10(6-15)12(18-2)14-8-13-11/h8-9,16H,3-7H2,1-2H3/t9-/m0/s1. The Balaban J connectivity index is 2.04. The van der Waals surface area contributed by atoms with Crippen LogP contribution in [0.25, 0.3) is 0 Å². The van der Waals surface area contributed by atoms with Crippen molar-refractivity contribution in [2.75, 3.05) is 33.9 Å². The molecule has 18 heavy (non-hydrogen) atoms. The van der Waals surface area contributed by atoms with Gasteiger partial charge in [0.15, 0.2) is 0 Å². The number of fused-ring (bicyclic) bond motifs is 1. The van der Waals surface area contributed by atoms with Crippen LogP contribution in [0.3, 0.4) is 0 Å². The first-order chi connectivity index (χ1) is 8.74. The van der Waals surface area contributed by atoms with Gasteiger partial charge in [0.1, 0.15) is 6.33 Å². The molecule has 1 aromatic rings. The number of hydrogen-bond acceptors (Lipinski definition) is 6. The summed E-state index contributed by atoms with van der Waals surface area (Å²) in [5, 5.41) is 9.75. The van der Waals surface area contributed by atoms with Gasteiger partial charge in [-0.3, -0.25) is 4.90 Å². The van der Waals surface area contributed by atoms with Crippen LogP contribution in [0.2, 0.25) is 0 Å². The summed E-state index contributed by atoms with van der Waals surface area (Å²) in [5.74, 6) is 0.630. The smallest absolute Gasteiger partial charge is 0.220 e. The third kappa shape index (κ3) is 2.95. The summed E-state index contributed by atoms with van der Waals surface area (Å²) in [7, 11) is 3.20. The first-order valence-electron chi connectivity index (χ1n) is 6.00. The fourth-order valence-electron chi connectivity index (χ4n) is 2.25. The molecule has 0 saturated carbocycles. The molecule has 1 atom stereocenters. The van der Waals surface area contributed by atoms with Crippen molar-refractivity contribution < 1.29 is 14.6 Å². The molecule has 0 bridgehead atoms. The van der Waals surface area contributed by atoms with Gasteiger partial charge in [-0.1, -0.05) is 0 Å². The monoisotopic (exact) mass is 253 g/mol. The summed E-state index contributed by atoms with van der Waals surface area (Å²) >= 11 is 0. The molecule has 0 unspecified atom stereocenters. The number of aliphatic hydroxyl groups is 1. The Bertz CT molecular complexity index is 386. The maximum Gasteiger partial charge on any atom is 0.220 e. The fraction of sp³-hybridized carbons (Fsp3) is 0.667. The number of aliphatic hydroxyl groups excluding tert-OH is 1. The lowest BCUT2D eigenvalue weighted by Crippen LogP contribution is -2.38. The molecule has 0 fully saturated rings.